The van der Waals surface area contributed by atoms with Gasteiger partial charge in [0.25, 0.3) is 10.0 Å². The quantitative estimate of drug-likeness (QED) is 0.436. The van der Waals surface area contributed by atoms with Crippen LogP contribution in [0.4, 0.5) is 5.69 Å². The van der Waals surface area contributed by atoms with Gasteiger partial charge in [0.2, 0.25) is 11.7 Å². The minimum atomic E-state index is -3.57. The molecule has 0 aliphatic heterocycles. The molecule has 0 saturated carbocycles. The van der Waals surface area contributed by atoms with Gasteiger partial charge in [-0.15, -0.1) is 11.3 Å². The molecule has 4 rings (SSSR count). The van der Waals surface area contributed by atoms with E-state index < -0.39 is 10.0 Å². The van der Waals surface area contributed by atoms with Crippen molar-refractivity contribution in [2.75, 3.05) is 11.8 Å². The molecule has 9 heteroatoms. The second kappa shape index (κ2) is 8.68. The summed E-state index contributed by atoms with van der Waals surface area (Å²) in [5.41, 5.74) is 2.36. The predicted molar refractivity (Wildman–Crippen MR) is 115 cm³/mol. The molecule has 0 fully saturated rings. The first kappa shape index (κ1) is 20.1. The van der Waals surface area contributed by atoms with Crippen LogP contribution in [0.25, 0.3) is 11.4 Å². The fraction of sp³-hybridized carbons (Fsp3) is 0.143. The summed E-state index contributed by atoms with van der Waals surface area (Å²) < 4.78 is 37.9. The molecule has 0 aliphatic carbocycles. The van der Waals surface area contributed by atoms with Gasteiger partial charge in [0.1, 0.15) is 9.96 Å². The number of sulfonamides is 1. The minimum absolute atomic E-state index is 0.270. The Hall–Kier alpha value is -3.17. The van der Waals surface area contributed by atoms with Crippen LogP contribution in [0.5, 0.6) is 5.75 Å². The van der Waals surface area contributed by atoms with E-state index in [1.165, 1.54) is 11.3 Å². The number of benzene rings is 2. The molecule has 0 atom stereocenters. The van der Waals surface area contributed by atoms with Crippen molar-refractivity contribution in [1.29, 1.82) is 0 Å². The fourth-order valence-corrected chi connectivity index (χ4v) is 4.88. The fourth-order valence-electron chi connectivity index (χ4n) is 2.83. The van der Waals surface area contributed by atoms with Gasteiger partial charge in [-0.3, -0.25) is 4.72 Å². The van der Waals surface area contributed by atoms with Crippen molar-refractivity contribution < 1.29 is 17.7 Å². The van der Waals surface area contributed by atoms with Crippen molar-refractivity contribution >= 4 is 27.0 Å². The lowest BCUT2D eigenvalue weighted by atomic mass is 10.1. The van der Waals surface area contributed by atoms with Crippen LogP contribution < -0.4 is 9.46 Å². The molecule has 0 aliphatic rings. The van der Waals surface area contributed by atoms with E-state index in [9.17, 15) is 8.42 Å². The van der Waals surface area contributed by atoms with Gasteiger partial charge in [0.05, 0.1) is 7.11 Å². The van der Waals surface area contributed by atoms with Gasteiger partial charge in [0, 0.05) is 17.7 Å². The van der Waals surface area contributed by atoms with Crippen LogP contribution in [0.1, 0.15) is 11.5 Å². The maximum absolute atomic E-state index is 12.3. The molecular weight excluding hydrogens is 422 g/mol. The van der Waals surface area contributed by atoms with Crippen LogP contribution in [0.2, 0.25) is 0 Å². The van der Waals surface area contributed by atoms with Crippen LogP contribution in [0.15, 0.2) is 74.8 Å². The average Bonchev–Trinajstić information content (AvgIpc) is 3.46. The summed E-state index contributed by atoms with van der Waals surface area (Å²) in [7, 11) is -1.93. The van der Waals surface area contributed by atoms with Gasteiger partial charge in [-0.05, 0) is 59.8 Å². The first-order chi connectivity index (χ1) is 14.5. The largest absolute Gasteiger partial charge is 0.497 e. The number of thiophene rings is 1. The highest BCUT2D eigenvalue weighted by molar-refractivity contribution is 7.94. The summed E-state index contributed by atoms with van der Waals surface area (Å²) in [6.07, 6.45) is 1.40. The standard InChI is InChI=1S/C21H19N3O4S2/c1-27-18-11-4-15(5-12-18)6-13-19-22-21(23-28-19)16-7-9-17(10-8-16)24-30(25,26)20-3-2-14-29-20/h2-5,7-12,14,24H,6,13H2,1H3. The number of hydrogen-bond acceptors (Lipinski definition) is 7. The van der Waals surface area contributed by atoms with Crippen LogP contribution in [-0.2, 0) is 22.9 Å². The molecular formula is C21H19N3O4S2. The molecule has 0 saturated heterocycles. The maximum atomic E-state index is 12.3. The lowest BCUT2D eigenvalue weighted by molar-refractivity contribution is 0.379. The lowest BCUT2D eigenvalue weighted by Crippen LogP contribution is -2.11. The van der Waals surface area contributed by atoms with Crippen molar-refractivity contribution in [3.8, 4) is 17.1 Å². The van der Waals surface area contributed by atoms with E-state index in [1.54, 1.807) is 48.9 Å². The molecule has 2 aromatic carbocycles. The second-order valence-electron chi connectivity index (χ2n) is 6.47. The number of hydrogen-bond donors (Lipinski definition) is 1. The topological polar surface area (TPSA) is 94.3 Å². The molecule has 2 heterocycles. The highest BCUT2D eigenvalue weighted by Crippen LogP contribution is 2.23. The van der Waals surface area contributed by atoms with Gasteiger partial charge in [-0.1, -0.05) is 23.4 Å². The highest BCUT2D eigenvalue weighted by Gasteiger charge is 2.15. The summed E-state index contributed by atoms with van der Waals surface area (Å²) in [5.74, 6) is 1.83. The smallest absolute Gasteiger partial charge is 0.271 e. The summed E-state index contributed by atoms with van der Waals surface area (Å²) in [5, 5.41) is 5.75. The molecule has 1 N–H and O–H groups in total. The molecule has 2 aromatic heterocycles. The van der Waals surface area contributed by atoms with E-state index >= 15 is 0 Å². The molecule has 0 unspecified atom stereocenters. The monoisotopic (exact) mass is 441 g/mol. The van der Waals surface area contributed by atoms with Crippen molar-refractivity contribution in [2.45, 2.75) is 17.1 Å². The number of aromatic nitrogens is 2. The van der Waals surface area contributed by atoms with E-state index in [0.717, 1.165) is 23.3 Å². The number of nitrogens with zero attached hydrogens (tertiary/aromatic N) is 2. The third kappa shape index (κ3) is 4.69. The van der Waals surface area contributed by atoms with Crippen LogP contribution in [0.3, 0.4) is 0 Å². The van der Waals surface area contributed by atoms with Crippen LogP contribution in [0, 0.1) is 0 Å². The third-order valence-electron chi connectivity index (χ3n) is 4.41. The zero-order valence-electron chi connectivity index (χ0n) is 16.1. The van der Waals surface area contributed by atoms with Crippen molar-refractivity contribution in [3.05, 3.63) is 77.5 Å². The van der Waals surface area contributed by atoms with Crippen molar-refractivity contribution in [1.82, 2.24) is 10.1 Å². The Kier molecular flexibility index (Phi) is 5.82. The Balaban J connectivity index is 1.39. The zero-order valence-corrected chi connectivity index (χ0v) is 17.7. The molecule has 0 radical (unpaired) electrons. The Labute approximate surface area is 178 Å². The normalized spacial score (nSPS) is 11.4. The number of rotatable bonds is 8. The van der Waals surface area contributed by atoms with E-state index in [0.29, 0.717) is 23.8 Å². The molecule has 4 aromatic rings. The molecule has 7 nitrogen and oxygen atoms in total. The van der Waals surface area contributed by atoms with Gasteiger partial charge in [-0.25, -0.2) is 8.42 Å². The molecule has 30 heavy (non-hydrogen) atoms. The van der Waals surface area contributed by atoms with Gasteiger partial charge < -0.3 is 9.26 Å². The van der Waals surface area contributed by atoms with E-state index in [4.69, 9.17) is 9.26 Å². The van der Waals surface area contributed by atoms with Gasteiger partial charge >= 0.3 is 0 Å². The SMILES string of the molecule is COc1ccc(CCc2nc(-c3ccc(NS(=O)(=O)c4cccs4)cc3)no2)cc1. The summed E-state index contributed by atoms with van der Waals surface area (Å²) >= 11 is 1.17. The van der Waals surface area contributed by atoms with E-state index in [2.05, 4.69) is 14.9 Å². The first-order valence-electron chi connectivity index (χ1n) is 9.16. The van der Waals surface area contributed by atoms with Crippen molar-refractivity contribution in [2.24, 2.45) is 0 Å². The summed E-state index contributed by atoms with van der Waals surface area (Å²) in [4.78, 5) is 4.43. The van der Waals surface area contributed by atoms with E-state index in [1.807, 2.05) is 24.3 Å². The highest BCUT2D eigenvalue weighted by atomic mass is 32.2. The number of nitrogens with one attached hydrogen (secondary N) is 1. The Bertz CT molecular complexity index is 1200. The number of aryl methyl sites for hydroxylation is 2. The molecule has 0 bridgehead atoms. The minimum Gasteiger partial charge on any atom is -0.497 e. The summed E-state index contributed by atoms with van der Waals surface area (Å²) in [6.45, 7) is 0. The second-order valence-corrected chi connectivity index (χ2v) is 9.33. The maximum Gasteiger partial charge on any atom is 0.271 e. The molecule has 0 spiro atoms. The Morgan fingerprint density at radius 3 is 2.47 bits per heavy atom. The van der Waals surface area contributed by atoms with E-state index in [-0.39, 0.29) is 4.21 Å². The van der Waals surface area contributed by atoms with Gasteiger partial charge in [0.15, 0.2) is 0 Å². The first-order valence-corrected chi connectivity index (χ1v) is 11.5. The average molecular weight is 442 g/mol. The summed E-state index contributed by atoms with van der Waals surface area (Å²) in [6, 6.07) is 18.0. The number of methoxy groups -OCH3 is 1. The third-order valence-corrected chi connectivity index (χ3v) is 7.19. The van der Waals surface area contributed by atoms with Gasteiger partial charge in [-0.2, -0.15) is 4.98 Å². The van der Waals surface area contributed by atoms with Crippen molar-refractivity contribution in [3.63, 3.8) is 0 Å². The molecule has 154 valence electrons. The number of anilines is 1. The number of ether oxygens (including phenoxy) is 1. The zero-order chi connectivity index (χ0) is 21.0. The van der Waals surface area contributed by atoms with Crippen LogP contribution in [-0.4, -0.2) is 25.7 Å². The van der Waals surface area contributed by atoms with Crippen LogP contribution >= 0.6 is 11.3 Å². The Morgan fingerprint density at radius 2 is 1.80 bits per heavy atom. The molecule has 0 amide bonds. The lowest BCUT2D eigenvalue weighted by Gasteiger charge is -2.06. The Morgan fingerprint density at radius 1 is 1.03 bits per heavy atom. The predicted octanol–water partition coefficient (Wildman–Crippen LogP) is 4.39.